The number of thiazole rings is 1. The standard InChI is InChI=1S/C22H20N2O5S2/c1-8-2-4-9(5-3-8)13-14-10-6-11(17(14)30-19-18(13)31-22(29)23-19)16-15(10)20(27)24(21(16)28)7-12(25)26/h2-5,10-11,13-17H,6-7H2,1H3,(H,23,29)(H,25,26)/t10-,11+,13+,14+,15+,16+,17-/m1/s1. The van der Waals surface area contributed by atoms with Gasteiger partial charge in [0.25, 0.3) is 0 Å². The minimum atomic E-state index is -1.17. The van der Waals surface area contributed by atoms with Gasteiger partial charge in [-0.15, -0.1) is 11.8 Å². The van der Waals surface area contributed by atoms with E-state index in [1.165, 1.54) is 11.3 Å². The van der Waals surface area contributed by atoms with Crippen molar-refractivity contribution in [3.63, 3.8) is 0 Å². The summed E-state index contributed by atoms with van der Waals surface area (Å²) >= 11 is 2.87. The summed E-state index contributed by atoms with van der Waals surface area (Å²) < 4.78 is 0. The number of aryl methyl sites for hydroxylation is 1. The highest BCUT2D eigenvalue weighted by molar-refractivity contribution is 8.00. The molecule has 31 heavy (non-hydrogen) atoms. The number of hydrogen-bond acceptors (Lipinski definition) is 6. The van der Waals surface area contributed by atoms with Crippen molar-refractivity contribution in [1.29, 1.82) is 0 Å². The number of imide groups is 1. The third-order valence-electron chi connectivity index (χ3n) is 7.55. The highest BCUT2D eigenvalue weighted by Gasteiger charge is 2.69. The van der Waals surface area contributed by atoms with Crippen LogP contribution in [0.2, 0.25) is 0 Å². The lowest BCUT2D eigenvalue weighted by Gasteiger charge is -2.43. The Bertz CT molecular complexity index is 1190. The van der Waals surface area contributed by atoms with Crippen LogP contribution in [-0.4, -0.2) is 44.6 Å². The number of carbonyl (C=O) groups is 3. The summed E-state index contributed by atoms with van der Waals surface area (Å²) in [5.41, 5.74) is 2.28. The van der Waals surface area contributed by atoms with E-state index in [9.17, 15) is 24.3 Å². The molecular formula is C22H20N2O5S2. The van der Waals surface area contributed by atoms with Crippen molar-refractivity contribution in [1.82, 2.24) is 9.88 Å². The molecule has 3 fully saturated rings. The summed E-state index contributed by atoms with van der Waals surface area (Å²) in [6.45, 7) is 1.47. The van der Waals surface area contributed by atoms with Gasteiger partial charge in [-0.25, -0.2) is 0 Å². The van der Waals surface area contributed by atoms with Crippen LogP contribution in [-0.2, 0) is 14.4 Å². The summed E-state index contributed by atoms with van der Waals surface area (Å²) in [7, 11) is 0. The first-order valence-corrected chi connectivity index (χ1v) is 12.1. The summed E-state index contributed by atoms with van der Waals surface area (Å²) in [5, 5.41) is 10.2. The first-order chi connectivity index (χ1) is 14.8. The van der Waals surface area contributed by atoms with Gasteiger partial charge in [0.15, 0.2) is 0 Å². The molecule has 2 amide bonds. The SMILES string of the molecule is Cc1ccc([C@@H]2c3sc(=O)[nH]c3S[C@@H]3[C@H]4C[C@@H]([C@@H]5C(=O)N(CC(=O)O)C(=O)[C@@H]45)[C@@H]23)cc1. The van der Waals surface area contributed by atoms with Crippen molar-refractivity contribution in [3.05, 3.63) is 49.9 Å². The second kappa shape index (κ2) is 6.56. The molecule has 0 spiro atoms. The van der Waals surface area contributed by atoms with Crippen LogP contribution in [0.4, 0.5) is 0 Å². The fraction of sp³-hybridized carbons (Fsp3) is 0.455. The maximum atomic E-state index is 13.1. The molecule has 7 atom stereocenters. The van der Waals surface area contributed by atoms with Crippen LogP contribution in [0.3, 0.4) is 0 Å². The molecule has 6 rings (SSSR count). The normalized spacial score (nSPS) is 35.3. The minimum Gasteiger partial charge on any atom is -0.480 e. The number of thioether (sulfide) groups is 1. The van der Waals surface area contributed by atoms with Gasteiger partial charge in [-0.05, 0) is 36.7 Å². The predicted molar refractivity (Wildman–Crippen MR) is 114 cm³/mol. The van der Waals surface area contributed by atoms with Crippen LogP contribution in [0.1, 0.15) is 28.3 Å². The van der Waals surface area contributed by atoms with Gasteiger partial charge < -0.3 is 10.1 Å². The molecule has 2 aliphatic carbocycles. The Balaban J connectivity index is 1.45. The van der Waals surface area contributed by atoms with Crippen molar-refractivity contribution in [3.8, 4) is 0 Å². The second-order valence-corrected chi connectivity index (χ2v) is 11.2. The van der Waals surface area contributed by atoms with Crippen LogP contribution < -0.4 is 4.87 Å². The molecule has 7 nitrogen and oxygen atoms in total. The third-order valence-corrected chi connectivity index (χ3v) is 10.1. The van der Waals surface area contributed by atoms with Crippen LogP contribution >= 0.6 is 23.1 Å². The number of carboxylic acid groups (broad SMARTS) is 1. The summed E-state index contributed by atoms with van der Waals surface area (Å²) in [5.74, 6) is -2.54. The number of carboxylic acids is 1. The second-order valence-electron chi connectivity index (χ2n) is 9.03. The molecule has 2 N–H and O–H groups in total. The van der Waals surface area contributed by atoms with E-state index in [1.807, 2.05) is 6.92 Å². The number of aromatic amines is 1. The molecule has 160 valence electrons. The number of likely N-dealkylation sites (tertiary alicyclic amines) is 1. The Morgan fingerprint density at radius 1 is 1.13 bits per heavy atom. The van der Waals surface area contributed by atoms with E-state index in [0.717, 1.165) is 32.4 Å². The van der Waals surface area contributed by atoms with E-state index < -0.39 is 24.3 Å². The molecule has 3 heterocycles. The molecule has 1 saturated heterocycles. The van der Waals surface area contributed by atoms with E-state index in [2.05, 4.69) is 29.2 Å². The van der Waals surface area contributed by atoms with E-state index in [1.54, 1.807) is 11.8 Å². The monoisotopic (exact) mass is 456 g/mol. The molecule has 2 aliphatic heterocycles. The van der Waals surface area contributed by atoms with Crippen molar-refractivity contribution in [2.24, 2.45) is 29.6 Å². The highest BCUT2D eigenvalue weighted by atomic mass is 32.2. The van der Waals surface area contributed by atoms with Gasteiger partial charge in [0.1, 0.15) is 6.54 Å². The zero-order chi connectivity index (χ0) is 21.6. The van der Waals surface area contributed by atoms with Gasteiger partial charge >= 0.3 is 10.8 Å². The Kier molecular flexibility index (Phi) is 4.08. The summed E-state index contributed by atoms with van der Waals surface area (Å²) in [4.78, 5) is 54.4. The van der Waals surface area contributed by atoms with Gasteiger partial charge in [-0.2, -0.15) is 0 Å². The lowest BCUT2D eigenvalue weighted by atomic mass is 9.68. The van der Waals surface area contributed by atoms with Crippen LogP contribution in [0.25, 0.3) is 0 Å². The molecule has 0 radical (unpaired) electrons. The summed E-state index contributed by atoms with van der Waals surface area (Å²) in [6.07, 6.45) is 0.803. The molecule has 1 aromatic heterocycles. The average Bonchev–Trinajstić information content (AvgIpc) is 3.44. The number of rotatable bonds is 3. The first kappa shape index (κ1) is 19.3. The Hall–Kier alpha value is -2.39. The Labute approximate surface area is 185 Å². The Morgan fingerprint density at radius 3 is 2.48 bits per heavy atom. The van der Waals surface area contributed by atoms with E-state index >= 15 is 0 Å². The molecule has 0 unspecified atom stereocenters. The summed E-state index contributed by atoms with van der Waals surface area (Å²) in [6, 6.07) is 8.33. The minimum absolute atomic E-state index is 0.00169. The Morgan fingerprint density at radius 2 is 1.81 bits per heavy atom. The highest BCUT2D eigenvalue weighted by Crippen LogP contribution is 2.68. The number of aliphatic carboxylic acids is 1. The molecule has 4 aliphatic rings. The van der Waals surface area contributed by atoms with Gasteiger partial charge in [0, 0.05) is 16.0 Å². The fourth-order valence-corrected chi connectivity index (χ4v) is 9.41. The molecule has 9 heteroatoms. The van der Waals surface area contributed by atoms with E-state index in [-0.39, 0.29) is 45.6 Å². The van der Waals surface area contributed by atoms with Crippen molar-refractivity contribution >= 4 is 40.9 Å². The molecular weight excluding hydrogens is 436 g/mol. The first-order valence-electron chi connectivity index (χ1n) is 10.4. The van der Waals surface area contributed by atoms with Crippen molar-refractivity contribution < 1.29 is 19.5 Å². The largest absolute Gasteiger partial charge is 0.480 e. The molecule has 2 aromatic rings. The van der Waals surface area contributed by atoms with E-state index in [4.69, 9.17) is 0 Å². The molecule has 1 aromatic carbocycles. The maximum absolute atomic E-state index is 13.1. The number of fused-ring (bicyclic) bond motifs is 9. The number of H-pyrrole nitrogens is 1. The van der Waals surface area contributed by atoms with Crippen LogP contribution in [0.15, 0.2) is 34.1 Å². The quantitative estimate of drug-likeness (QED) is 0.687. The van der Waals surface area contributed by atoms with Gasteiger partial charge in [-0.1, -0.05) is 41.2 Å². The van der Waals surface area contributed by atoms with Crippen molar-refractivity contribution in [2.45, 2.75) is 29.5 Å². The number of benzene rings is 1. The zero-order valence-electron chi connectivity index (χ0n) is 16.6. The molecule has 2 bridgehead atoms. The number of carbonyl (C=O) groups excluding carboxylic acids is 2. The van der Waals surface area contributed by atoms with Crippen LogP contribution in [0.5, 0.6) is 0 Å². The van der Waals surface area contributed by atoms with Crippen molar-refractivity contribution in [2.75, 3.05) is 6.54 Å². The van der Waals surface area contributed by atoms with Crippen LogP contribution in [0, 0.1) is 36.5 Å². The maximum Gasteiger partial charge on any atom is 0.323 e. The fourth-order valence-electron chi connectivity index (χ4n) is 6.52. The molecule has 2 saturated carbocycles. The number of nitrogens with one attached hydrogen (secondary N) is 1. The van der Waals surface area contributed by atoms with E-state index in [0.29, 0.717) is 0 Å². The number of amides is 2. The number of hydrogen-bond donors (Lipinski definition) is 2. The average molecular weight is 457 g/mol. The van der Waals surface area contributed by atoms with Gasteiger partial charge in [-0.3, -0.25) is 24.1 Å². The lowest BCUT2D eigenvalue weighted by Crippen LogP contribution is -2.42. The van der Waals surface area contributed by atoms with Gasteiger partial charge in [0.05, 0.1) is 16.9 Å². The smallest absolute Gasteiger partial charge is 0.323 e. The number of aromatic nitrogens is 1. The predicted octanol–water partition coefficient (Wildman–Crippen LogP) is 2.30. The lowest BCUT2D eigenvalue weighted by molar-refractivity contribution is -0.149. The third kappa shape index (κ3) is 2.59. The number of nitrogens with zero attached hydrogens (tertiary/aromatic N) is 1. The van der Waals surface area contributed by atoms with Gasteiger partial charge in [0.2, 0.25) is 11.8 Å². The zero-order valence-corrected chi connectivity index (χ0v) is 18.2. The topological polar surface area (TPSA) is 108 Å².